The maximum atomic E-state index is 11.8. The lowest BCUT2D eigenvalue weighted by Gasteiger charge is -2.33. The first-order valence-corrected chi connectivity index (χ1v) is 7.15. The topological polar surface area (TPSA) is 144 Å². The molecule has 0 aromatic heterocycles. The number of carbonyl (C=O) groups excluding carboxylic acids is 1. The Bertz CT molecular complexity index is 498. The highest BCUT2D eigenvalue weighted by atomic mass is 16.6. The Hall–Kier alpha value is -1.72. The standard InChI is InChI=1S/C13H21N3O7/c1-3-6(12(19)22-2)10-8(17)9(18)11(23-10)16-5-4-7(15-21)14-13(16)20/h4-6,8-11,13,17-18,20-21H,3H2,1-2H3,(H,14,15)/t6?,8-,9+,10+,11+,13?/m0/s1. The minimum Gasteiger partial charge on any atom is -0.469 e. The van der Waals surface area contributed by atoms with Gasteiger partial charge >= 0.3 is 5.97 Å². The summed E-state index contributed by atoms with van der Waals surface area (Å²) in [7, 11) is 1.23. The smallest absolute Gasteiger partial charge is 0.311 e. The third kappa shape index (κ3) is 3.31. The summed E-state index contributed by atoms with van der Waals surface area (Å²) in [4.78, 5) is 16.7. The Morgan fingerprint density at radius 2 is 2.17 bits per heavy atom. The molecule has 5 N–H and O–H groups in total. The zero-order valence-corrected chi connectivity index (χ0v) is 12.7. The van der Waals surface area contributed by atoms with E-state index in [9.17, 15) is 20.1 Å². The molecule has 1 saturated heterocycles. The lowest BCUT2D eigenvalue weighted by Crippen LogP contribution is -2.47. The molecule has 130 valence electrons. The first-order valence-electron chi connectivity index (χ1n) is 7.15. The number of methoxy groups -OCH3 is 1. The lowest BCUT2D eigenvalue weighted by molar-refractivity contribution is -0.160. The number of aliphatic imine (C=N–C) groups is 1. The fraction of sp³-hybridized carbons (Fsp3) is 0.692. The minimum absolute atomic E-state index is 0.0272. The van der Waals surface area contributed by atoms with Gasteiger partial charge in [0.25, 0.3) is 0 Å². The van der Waals surface area contributed by atoms with Crippen molar-refractivity contribution in [2.24, 2.45) is 10.9 Å². The van der Waals surface area contributed by atoms with Crippen LogP contribution in [0.1, 0.15) is 13.3 Å². The Morgan fingerprint density at radius 3 is 2.70 bits per heavy atom. The number of esters is 1. The summed E-state index contributed by atoms with van der Waals surface area (Å²) in [5.74, 6) is -1.28. The minimum atomic E-state index is -1.43. The summed E-state index contributed by atoms with van der Waals surface area (Å²) in [6.45, 7) is 1.73. The molecule has 0 aromatic carbocycles. The summed E-state index contributed by atoms with van der Waals surface area (Å²) < 4.78 is 10.3. The Kier molecular flexibility index (Phi) is 5.55. The molecule has 0 aromatic rings. The number of hydrogen-bond acceptors (Lipinski definition) is 10. The average Bonchev–Trinajstić information content (AvgIpc) is 2.84. The van der Waals surface area contributed by atoms with E-state index in [1.807, 2.05) is 0 Å². The van der Waals surface area contributed by atoms with Crippen molar-refractivity contribution in [2.75, 3.05) is 7.11 Å². The third-order valence-electron chi connectivity index (χ3n) is 3.95. The van der Waals surface area contributed by atoms with Crippen LogP contribution in [0, 0.1) is 5.92 Å². The highest BCUT2D eigenvalue weighted by Crippen LogP contribution is 2.32. The summed E-state index contributed by atoms with van der Waals surface area (Å²) >= 11 is 0. The van der Waals surface area contributed by atoms with Gasteiger partial charge in [-0.2, -0.15) is 0 Å². The highest BCUT2D eigenvalue weighted by molar-refractivity contribution is 5.92. The van der Waals surface area contributed by atoms with Crippen molar-refractivity contribution < 1.29 is 34.8 Å². The number of ether oxygens (including phenoxy) is 2. The van der Waals surface area contributed by atoms with Crippen LogP contribution in [-0.4, -0.2) is 75.2 Å². The van der Waals surface area contributed by atoms with Crippen molar-refractivity contribution in [2.45, 2.75) is 44.2 Å². The van der Waals surface area contributed by atoms with E-state index in [-0.39, 0.29) is 5.84 Å². The van der Waals surface area contributed by atoms with Gasteiger partial charge in [-0.25, -0.2) is 4.99 Å². The molecule has 2 heterocycles. The molecule has 0 saturated carbocycles. The van der Waals surface area contributed by atoms with Gasteiger partial charge in [-0.3, -0.25) is 15.5 Å². The Labute approximate surface area is 132 Å². The van der Waals surface area contributed by atoms with Crippen molar-refractivity contribution in [1.82, 2.24) is 10.4 Å². The molecule has 1 fully saturated rings. The molecule has 2 aliphatic heterocycles. The number of aliphatic hydroxyl groups is 3. The van der Waals surface area contributed by atoms with E-state index in [4.69, 9.17) is 9.94 Å². The van der Waals surface area contributed by atoms with Crippen molar-refractivity contribution >= 4 is 11.8 Å². The molecule has 6 atom stereocenters. The van der Waals surface area contributed by atoms with Gasteiger partial charge < -0.3 is 29.7 Å². The molecule has 2 unspecified atom stereocenters. The average molecular weight is 331 g/mol. The highest BCUT2D eigenvalue weighted by Gasteiger charge is 2.50. The monoisotopic (exact) mass is 331 g/mol. The maximum Gasteiger partial charge on any atom is 0.311 e. The number of carbonyl (C=O) groups is 1. The second kappa shape index (κ2) is 7.23. The van der Waals surface area contributed by atoms with Gasteiger partial charge in [0.05, 0.1) is 13.0 Å². The zero-order chi connectivity index (χ0) is 17.1. The van der Waals surface area contributed by atoms with E-state index in [2.05, 4.69) is 9.73 Å². The zero-order valence-electron chi connectivity index (χ0n) is 12.7. The maximum absolute atomic E-state index is 11.8. The van der Waals surface area contributed by atoms with Crippen molar-refractivity contribution in [3.63, 3.8) is 0 Å². The van der Waals surface area contributed by atoms with E-state index in [0.717, 1.165) is 0 Å². The second-order valence-corrected chi connectivity index (χ2v) is 5.25. The molecule has 10 heteroatoms. The normalized spacial score (nSPS) is 35.0. The molecular weight excluding hydrogens is 310 g/mol. The quantitative estimate of drug-likeness (QED) is 0.295. The van der Waals surface area contributed by atoms with E-state index in [1.165, 1.54) is 24.3 Å². The molecule has 0 bridgehead atoms. The van der Waals surface area contributed by atoms with Crippen LogP contribution in [0.3, 0.4) is 0 Å². The van der Waals surface area contributed by atoms with Gasteiger partial charge in [-0.1, -0.05) is 6.92 Å². The van der Waals surface area contributed by atoms with Gasteiger partial charge in [0.15, 0.2) is 12.1 Å². The molecule has 0 amide bonds. The predicted molar refractivity (Wildman–Crippen MR) is 75.8 cm³/mol. The predicted octanol–water partition coefficient (Wildman–Crippen LogP) is -1.89. The molecule has 10 nitrogen and oxygen atoms in total. The van der Waals surface area contributed by atoms with Crippen LogP contribution in [0.15, 0.2) is 17.3 Å². The Morgan fingerprint density at radius 1 is 1.48 bits per heavy atom. The lowest BCUT2D eigenvalue weighted by atomic mass is 9.94. The van der Waals surface area contributed by atoms with Crippen LogP contribution >= 0.6 is 0 Å². The van der Waals surface area contributed by atoms with E-state index >= 15 is 0 Å². The van der Waals surface area contributed by atoms with Crippen LogP contribution in [0.2, 0.25) is 0 Å². The largest absolute Gasteiger partial charge is 0.469 e. The first kappa shape index (κ1) is 17.6. The summed E-state index contributed by atoms with van der Waals surface area (Å²) in [5.41, 5.74) is 1.79. The van der Waals surface area contributed by atoms with Gasteiger partial charge in [0, 0.05) is 6.20 Å². The SMILES string of the molecule is CCC(C(=O)OC)[C@H]1O[C@@H](N2C=CC(NO)=NC2O)[C@H](O)[C@@H]1O. The fourth-order valence-corrected chi connectivity index (χ4v) is 2.70. The van der Waals surface area contributed by atoms with Crippen molar-refractivity contribution in [3.05, 3.63) is 12.3 Å². The molecule has 0 radical (unpaired) electrons. The number of amidine groups is 1. The molecule has 2 rings (SSSR count). The molecular formula is C13H21N3O7. The Balaban J connectivity index is 2.15. The number of nitrogens with zero attached hydrogens (tertiary/aromatic N) is 2. The van der Waals surface area contributed by atoms with Gasteiger partial charge in [0.2, 0.25) is 6.35 Å². The van der Waals surface area contributed by atoms with Crippen molar-refractivity contribution in [3.8, 4) is 0 Å². The van der Waals surface area contributed by atoms with Crippen LogP contribution < -0.4 is 5.48 Å². The third-order valence-corrected chi connectivity index (χ3v) is 3.95. The molecule has 2 aliphatic rings. The van der Waals surface area contributed by atoms with Gasteiger partial charge in [-0.05, 0) is 12.5 Å². The number of rotatable bonds is 4. The van der Waals surface area contributed by atoms with Gasteiger partial charge in [-0.15, -0.1) is 0 Å². The molecule has 23 heavy (non-hydrogen) atoms. The summed E-state index contributed by atoms with van der Waals surface area (Å²) in [6, 6.07) is 0. The van der Waals surface area contributed by atoms with E-state index in [1.54, 1.807) is 12.4 Å². The number of hydroxylamine groups is 1. The van der Waals surface area contributed by atoms with E-state index < -0.39 is 42.8 Å². The van der Waals surface area contributed by atoms with Crippen LogP contribution in [0.4, 0.5) is 0 Å². The van der Waals surface area contributed by atoms with Crippen LogP contribution in [0.5, 0.6) is 0 Å². The number of hydrogen-bond donors (Lipinski definition) is 5. The second-order valence-electron chi connectivity index (χ2n) is 5.25. The van der Waals surface area contributed by atoms with Crippen molar-refractivity contribution in [1.29, 1.82) is 0 Å². The van der Waals surface area contributed by atoms with Crippen LogP contribution in [0.25, 0.3) is 0 Å². The fourth-order valence-electron chi connectivity index (χ4n) is 2.70. The first-order chi connectivity index (χ1) is 10.9. The molecule has 0 spiro atoms. The summed E-state index contributed by atoms with van der Waals surface area (Å²) in [5, 5.41) is 39.1. The van der Waals surface area contributed by atoms with E-state index in [0.29, 0.717) is 6.42 Å². The number of nitrogens with one attached hydrogen (secondary N) is 1. The summed E-state index contributed by atoms with van der Waals surface area (Å²) in [6.07, 6.45) is -3.17. The number of aliphatic hydroxyl groups excluding tert-OH is 3. The van der Waals surface area contributed by atoms with Gasteiger partial charge in [0.1, 0.15) is 18.3 Å². The molecule has 0 aliphatic carbocycles. The van der Waals surface area contributed by atoms with Crippen LogP contribution in [-0.2, 0) is 14.3 Å².